The van der Waals surface area contributed by atoms with Gasteiger partial charge in [-0.1, -0.05) is 48.5 Å². The number of nitrogens with zero attached hydrogens (tertiary/aromatic N) is 4. The lowest BCUT2D eigenvalue weighted by Crippen LogP contribution is -2.38. The number of nitrogens with one attached hydrogen (secondary N) is 3. The van der Waals surface area contributed by atoms with E-state index in [-0.39, 0.29) is 0 Å². The van der Waals surface area contributed by atoms with Crippen molar-refractivity contribution < 1.29 is 0 Å². The molecule has 2 aromatic heterocycles. The van der Waals surface area contributed by atoms with E-state index in [1.165, 1.54) is 22.0 Å². The lowest BCUT2D eigenvalue weighted by atomic mass is 10.1. The lowest BCUT2D eigenvalue weighted by molar-refractivity contribution is 0.713. The van der Waals surface area contributed by atoms with E-state index in [0.717, 1.165) is 30.6 Å². The van der Waals surface area contributed by atoms with Crippen molar-refractivity contribution in [2.45, 2.75) is 26.4 Å². The van der Waals surface area contributed by atoms with E-state index in [2.05, 4.69) is 62.3 Å². The van der Waals surface area contributed by atoms with E-state index in [1.54, 1.807) is 0 Å². The summed E-state index contributed by atoms with van der Waals surface area (Å²) in [5.41, 5.74) is 3.63. The molecule has 2 heterocycles. The summed E-state index contributed by atoms with van der Waals surface area (Å²) >= 11 is 0. The molecule has 30 heavy (non-hydrogen) atoms. The van der Waals surface area contributed by atoms with Crippen molar-refractivity contribution in [3.8, 4) is 0 Å². The van der Waals surface area contributed by atoms with Gasteiger partial charge < -0.3 is 20.2 Å². The second kappa shape index (κ2) is 9.26. The minimum absolute atomic E-state index is 0.561. The van der Waals surface area contributed by atoms with E-state index < -0.39 is 0 Å². The zero-order chi connectivity index (χ0) is 20.8. The van der Waals surface area contributed by atoms with Gasteiger partial charge in [0.1, 0.15) is 5.82 Å². The molecular formula is C23H27N7. The average molecular weight is 402 g/mol. The maximum atomic E-state index is 4.76. The fraction of sp³-hybridized carbons (Fsp3) is 0.261. The topological polar surface area (TPSA) is 82.9 Å². The van der Waals surface area contributed by atoms with Gasteiger partial charge in [-0.3, -0.25) is 0 Å². The van der Waals surface area contributed by atoms with Gasteiger partial charge in [0.05, 0.1) is 13.1 Å². The van der Waals surface area contributed by atoms with E-state index in [9.17, 15) is 0 Å². The standard InChI is InChI=1S/C23H27N7/c1-17-28-29-22(30(17)2)16-27-23(26-14-18-8-4-3-5-9-18)24-13-12-19-15-25-21-11-7-6-10-20(19)21/h3-11,15,25H,12-14,16H2,1-2H3,(H2,24,26,27). The van der Waals surface area contributed by atoms with Gasteiger partial charge in [-0.2, -0.15) is 0 Å². The zero-order valence-electron chi connectivity index (χ0n) is 17.4. The number of aromatic amines is 1. The SMILES string of the molecule is Cc1nnc(CNC(=NCc2ccccc2)NCCc2c[nH]c3ccccc23)n1C. The molecule has 2 aromatic carbocycles. The van der Waals surface area contributed by atoms with Crippen molar-refractivity contribution >= 4 is 16.9 Å². The Morgan fingerprint density at radius 3 is 2.63 bits per heavy atom. The predicted octanol–water partition coefficient (Wildman–Crippen LogP) is 3.08. The lowest BCUT2D eigenvalue weighted by Gasteiger charge is -2.12. The Labute approximate surface area is 176 Å². The molecule has 0 unspecified atom stereocenters. The van der Waals surface area contributed by atoms with Crippen LogP contribution in [0.2, 0.25) is 0 Å². The average Bonchev–Trinajstić information content (AvgIpc) is 3.34. The highest BCUT2D eigenvalue weighted by molar-refractivity contribution is 5.83. The van der Waals surface area contributed by atoms with Crippen LogP contribution in [0.5, 0.6) is 0 Å². The number of hydrogen-bond donors (Lipinski definition) is 3. The van der Waals surface area contributed by atoms with Crippen LogP contribution < -0.4 is 10.6 Å². The van der Waals surface area contributed by atoms with Crippen molar-refractivity contribution in [3.63, 3.8) is 0 Å². The Morgan fingerprint density at radius 1 is 1.03 bits per heavy atom. The maximum absolute atomic E-state index is 4.76. The van der Waals surface area contributed by atoms with Crippen LogP contribution in [0.25, 0.3) is 10.9 Å². The number of aliphatic imine (C=N–C) groups is 1. The summed E-state index contributed by atoms with van der Waals surface area (Å²) in [6.45, 7) is 3.90. The Bertz CT molecular complexity index is 1120. The van der Waals surface area contributed by atoms with Crippen molar-refractivity contribution in [2.24, 2.45) is 12.0 Å². The molecule has 154 valence electrons. The van der Waals surface area contributed by atoms with Gasteiger partial charge in [-0.25, -0.2) is 4.99 Å². The molecule has 4 rings (SSSR count). The van der Waals surface area contributed by atoms with Gasteiger partial charge in [-0.15, -0.1) is 10.2 Å². The minimum atomic E-state index is 0.561. The molecule has 7 nitrogen and oxygen atoms in total. The number of para-hydroxylation sites is 1. The van der Waals surface area contributed by atoms with Gasteiger partial charge in [0, 0.05) is 30.7 Å². The number of H-pyrrole nitrogens is 1. The van der Waals surface area contributed by atoms with Crippen LogP contribution >= 0.6 is 0 Å². The molecule has 0 aliphatic carbocycles. The summed E-state index contributed by atoms with van der Waals surface area (Å²) in [6.07, 6.45) is 2.99. The highest BCUT2D eigenvalue weighted by Gasteiger charge is 2.07. The summed E-state index contributed by atoms with van der Waals surface area (Å²) in [4.78, 5) is 8.09. The predicted molar refractivity (Wildman–Crippen MR) is 120 cm³/mol. The van der Waals surface area contributed by atoms with Gasteiger partial charge >= 0.3 is 0 Å². The molecule has 0 aliphatic rings. The van der Waals surface area contributed by atoms with Crippen molar-refractivity contribution in [3.05, 3.63) is 83.6 Å². The second-order valence-electron chi connectivity index (χ2n) is 7.26. The molecule has 0 saturated carbocycles. The largest absolute Gasteiger partial charge is 0.361 e. The van der Waals surface area contributed by atoms with E-state index in [4.69, 9.17) is 4.99 Å². The first-order valence-electron chi connectivity index (χ1n) is 10.2. The molecule has 0 amide bonds. The zero-order valence-corrected chi connectivity index (χ0v) is 17.4. The summed E-state index contributed by atoms with van der Waals surface area (Å²) in [5.74, 6) is 2.53. The number of guanidine groups is 1. The van der Waals surface area contributed by atoms with E-state index in [0.29, 0.717) is 13.1 Å². The molecule has 0 aliphatic heterocycles. The maximum Gasteiger partial charge on any atom is 0.191 e. The Hall–Kier alpha value is -3.61. The number of hydrogen-bond acceptors (Lipinski definition) is 3. The van der Waals surface area contributed by atoms with Gasteiger partial charge in [-0.05, 0) is 30.5 Å². The van der Waals surface area contributed by atoms with Crippen LogP contribution in [-0.4, -0.2) is 32.3 Å². The van der Waals surface area contributed by atoms with Crippen LogP contribution in [0, 0.1) is 6.92 Å². The normalized spacial score (nSPS) is 11.7. The fourth-order valence-corrected chi connectivity index (χ4v) is 3.35. The highest BCUT2D eigenvalue weighted by Crippen LogP contribution is 2.17. The molecule has 7 heteroatoms. The molecule has 4 aromatic rings. The summed E-state index contributed by atoms with van der Waals surface area (Å²) in [7, 11) is 1.97. The molecule has 0 saturated heterocycles. The number of aromatic nitrogens is 4. The van der Waals surface area contributed by atoms with Crippen LogP contribution in [-0.2, 0) is 26.6 Å². The van der Waals surface area contributed by atoms with Gasteiger partial charge in [0.25, 0.3) is 0 Å². The summed E-state index contributed by atoms with van der Waals surface area (Å²) in [5, 5.41) is 16.5. The summed E-state index contributed by atoms with van der Waals surface area (Å²) in [6, 6.07) is 18.6. The van der Waals surface area contributed by atoms with Gasteiger partial charge in [0.2, 0.25) is 0 Å². The van der Waals surface area contributed by atoms with E-state index in [1.807, 2.05) is 42.8 Å². The monoisotopic (exact) mass is 401 g/mol. The fourth-order valence-electron chi connectivity index (χ4n) is 3.35. The van der Waals surface area contributed by atoms with Crippen molar-refractivity contribution in [2.75, 3.05) is 6.54 Å². The minimum Gasteiger partial charge on any atom is -0.361 e. The van der Waals surface area contributed by atoms with Crippen LogP contribution in [0.4, 0.5) is 0 Å². The number of rotatable bonds is 7. The molecular weight excluding hydrogens is 374 g/mol. The van der Waals surface area contributed by atoms with E-state index >= 15 is 0 Å². The first kappa shape index (κ1) is 19.7. The number of benzene rings is 2. The van der Waals surface area contributed by atoms with Crippen molar-refractivity contribution in [1.29, 1.82) is 0 Å². The third-order valence-electron chi connectivity index (χ3n) is 5.22. The first-order valence-corrected chi connectivity index (χ1v) is 10.2. The Balaban J connectivity index is 1.41. The highest BCUT2D eigenvalue weighted by atomic mass is 15.3. The third-order valence-corrected chi connectivity index (χ3v) is 5.22. The van der Waals surface area contributed by atoms with Crippen LogP contribution in [0.3, 0.4) is 0 Å². The third kappa shape index (κ3) is 4.68. The molecule has 0 spiro atoms. The Morgan fingerprint density at radius 2 is 1.83 bits per heavy atom. The second-order valence-corrected chi connectivity index (χ2v) is 7.26. The summed E-state index contributed by atoms with van der Waals surface area (Å²) < 4.78 is 1.98. The van der Waals surface area contributed by atoms with Crippen molar-refractivity contribution in [1.82, 2.24) is 30.4 Å². The van der Waals surface area contributed by atoms with Gasteiger partial charge in [0.15, 0.2) is 11.8 Å². The van der Waals surface area contributed by atoms with Crippen LogP contribution in [0.15, 0.2) is 65.8 Å². The molecule has 0 atom stereocenters. The first-order chi connectivity index (χ1) is 14.7. The Kier molecular flexibility index (Phi) is 6.08. The molecule has 0 bridgehead atoms. The smallest absolute Gasteiger partial charge is 0.191 e. The molecule has 0 radical (unpaired) electrons. The molecule has 3 N–H and O–H groups in total. The van der Waals surface area contributed by atoms with Crippen LogP contribution in [0.1, 0.15) is 22.8 Å². The number of aryl methyl sites for hydroxylation is 1. The number of fused-ring (bicyclic) bond motifs is 1. The molecule has 0 fully saturated rings. The quantitative estimate of drug-likeness (QED) is 0.328.